The Morgan fingerprint density at radius 2 is 2.07 bits per heavy atom. The Balaban J connectivity index is 1.26. The van der Waals surface area contributed by atoms with Crippen LogP contribution in [0.2, 0.25) is 0 Å². The van der Waals surface area contributed by atoms with E-state index in [2.05, 4.69) is 20.8 Å². The number of ether oxygens (including phenoxy) is 4. The zero-order valence-corrected chi connectivity index (χ0v) is 20.7. The Morgan fingerprint density at radius 3 is 2.63 bits per heavy atom. The monoisotopic (exact) mass is 530 g/mol. The van der Waals surface area contributed by atoms with Crippen molar-refractivity contribution in [3.63, 3.8) is 0 Å². The van der Waals surface area contributed by atoms with Crippen molar-refractivity contribution in [3.8, 4) is 0 Å². The third-order valence-corrected chi connectivity index (χ3v) is 10.7. The van der Waals surface area contributed by atoms with Gasteiger partial charge >= 0.3 is 160 Å². The Hall–Kier alpha value is -0.0551. The summed E-state index contributed by atoms with van der Waals surface area (Å²) < 4.78 is 24.9. The van der Waals surface area contributed by atoms with Crippen LogP contribution in [0.15, 0.2) is 0 Å². The van der Waals surface area contributed by atoms with Crippen LogP contribution in [0.4, 0.5) is 4.79 Å². The molecule has 5 rings (SSSR count). The molecule has 3 saturated heterocycles. The van der Waals surface area contributed by atoms with Gasteiger partial charge in [0.05, 0.1) is 0 Å². The fraction of sp³-hybridized carbons (Fsp3) is 0.955. The minimum atomic E-state index is -0.297. The van der Waals surface area contributed by atoms with Crippen molar-refractivity contribution in [2.45, 2.75) is 79.9 Å². The predicted octanol–water partition coefficient (Wildman–Crippen LogP) is -0.618. The average molecular weight is 530 g/mol. The molecule has 2 aliphatic carbocycles. The quantitative estimate of drug-likeness (QED) is 0.199. The summed E-state index contributed by atoms with van der Waals surface area (Å²) in [5.41, 5.74) is 5.37. The standard InChI is InChI=1S/C22H34BINO5/c1-12-7-14(13(12)2)8-17-21(3,30-17)19-18(27-4)16(5-6-22(19)11-28-22)29-20(26)25-9-15(10-25)24-23/h12-19H,5-11H2,1-4H3/q-1/t12?,13?,14-,16?,17?,18?,19?,21?,22?/m0/s1. The molecule has 1 amide bonds. The van der Waals surface area contributed by atoms with E-state index in [1.807, 2.05) is 0 Å². The maximum absolute atomic E-state index is 12.6. The van der Waals surface area contributed by atoms with E-state index in [-0.39, 0.29) is 62.5 Å². The number of epoxide rings is 2. The number of hydrogen-bond acceptors (Lipinski definition) is 5. The predicted molar refractivity (Wildman–Crippen MR) is 108 cm³/mol. The molecule has 0 bridgehead atoms. The molecule has 0 aromatic carbocycles. The number of rotatable bonds is 6. The molecule has 30 heavy (non-hydrogen) atoms. The molecule has 3 heterocycles. The van der Waals surface area contributed by atoms with Gasteiger partial charge in [0.1, 0.15) is 0 Å². The molecule has 0 aromatic rings. The summed E-state index contributed by atoms with van der Waals surface area (Å²) in [5.74, 6) is 2.45. The maximum atomic E-state index is 12.6. The van der Waals surface area contributed by atoms with Gasteiger partial charge in [-0.05, 0) is 18.3 Å². The van der Waals surface area contributed by atoms with E-state index < -0.39 is 0 Å². The van der Waals surface area contributed by atoms with Gasteiger partial charge in [-0.15, -0.1) is 0 Å². The number of alkyl halides is 1. The average Bonchev–Trinajstić information content (AvgIpc) is 3.60. The molecule has 6 nitrogen and oxygen atoms in total. The fourth-order valence-electron chi connectivity index (χ4n) is 6.35. The van der Waals surface area contributed by atoms with Crippen LogP contribution < -0.4 is 21.0 Å². The summed E-state index contributed by atoms with van der Waals surface area (Å²) in [6.45, 7) is 9.17. The normalized spacial score (nSPS) is 50.1. The molecule has 1 spiro atoms. The zero-order chi connectivity index (χ0) is 21.3. The van der Waals surface area contributed by atoms with Gasteiger partial charge < -0.3 is 0 Å². The van der Waals surface area contributed by atoms with Gasteiger partial charge in [-0.25, -0.2) is 0 Å². The molecule has 3 aliphatic heterocycles. The summed E-state index contributed by atoms with van der Waals surface area (Å²) in [7, 11) is 1.73. The molecule has 8 heteroatoms. The third-order valence-electron chi connectivity index (χ3n) is 8.85. The first kappa shape index (κ1) is 21.8. The van der Waals surface area contributed by atoms with Crippen LogP contribution in [0.1, 0.15) is 46.5 Å². The van der Waals surface area contributed by atoms with Crippen LogP contribution in [0.3, 0.4) is 0 Å². The summed E-state index contributed by atoms with van der Waals surface area (Å²) in [4.78, 5) is 14.4. The number of halogens is 1. The van der Waals surface area contributed by atoms with Crippen LogP contribution in [0, 0.1) is 23.7 Å². The Labute approximate surface area is 191 Å². The number of methoxy groups -OCH3 is 1. The van der Waals surface area contributed by atoms with Gasteiger partial charge in [-0.2, -0.15) is 0 Å². The van der Waals surface area contributed by atoms with Crippen molar-refractivity contribution in [1.82, 2.24) is 4.90 Å². The zero-order valence-electron chi connectivity index (χ0n) is 18.5. The second-order valence-electron chi connectivity index (χ2n) is 10.5. The van der Waals surface area contributed by atoms with E-state index in [4.69, 9.17) is 24.7 Å². The number of hydrogen-bond donors (Lipinski definition) is 0. The van der Waals surface area contributed by atoms with Gasteiger partial charge in [0, 0.05) is 0 Å². The van der Waals surface area contributed by atoms with Crippen LogP contribution in [0.5, 0.6) is 0 Å². The van der Waals surface area contributed by atoms with E-state index >= 15 is 0 Å². The van der Waals surface area contributed by atoms with Crippen LogP contribution in [-0.4, -0.2) is 76.9 Å². The first-order valence-corrected chi connectivity index (χ1v) is 13.9. The van der Waals surface area contributed by atoms with Gasteiger partial charge in [-0.1, -0.05) is 13.8 Å². The number of carbonyl (C=O) groups excluding carboxylic acids is 1. The van der Waals surface area contributed by atoms with Gasteiger partial charge in [0.2, 0.25) is 0 Å². The molecule has 2 radical (unpaired) electrons. The van der Waals surface area contributed by atoms with Crippen molar-refractivity contribution < 1.29 is 44.7 Å². The molecule has 0 aromatic heterocycles. The van der Waals surface area contributed by atoms with Crippen LogP contribution >= 0.6 is 0 Å². The fourth-order valence-corrected chi connectivity index (χ4v) is 7.75. The number of carbonyl (C=O) groups is 1. The van der Waals surface area contributed by atoms with Crippen molar-refractivity contribution in [1.29, 1.82) is 0 Å². The number of amides is 1. The van der Waals surface area contributed by atoms with Gasteiger partial charge in [-0.3, -0.25) is 0 Å². The second kappa shape index (κ2) is 7.77. The summed E-state index contributed by atoms with van der Waals surface area (Å²) in [5, 5.41) is 0. The summed E-state index contributed by atoms with van der Waals surface area (Å²) >= 11 is -0.297. The van der Waals surface area contributed by atoms with Crippen molar-refractivity contribution in [3.05, 3.63) is 0 Å². The van der Waals surface area contributed by atoms with Gasteiger partial charge in [0.15, 0.2) is 0 Å². The molecule has 9 atom stereocenters. The first-order chi connectivity index (χ1) is 14.3. The molecule has 8 unspecified atom stereocenters. The second-order valence-corrected chi connectivity index (χ2v) is 13.0. The Kier molecular flexibility index (Phi) is 5.64. The van der Waals surface area contributed by atoms with Crippen molar-refractivity contribution in [2.75, 3.05) is 26.8 Å². The molecule has 168 valence electrons. The van der Waals surface area contributed by atoms with E-state index in [1.165, 1.54) is 6.42 Å². The summed E-state index contributed by atoms with van der Waals surface area (Å²) in [6, 6.07) is 0. The Bertz CT molecular complexity index is 686. The topological polar surface area (TPSA) is 63.8 Å². The molecular formula is C22H34BINO5-. The number of nitrogens with zero attached hydrogens (tertiary/aromatic N) is 1. The van der Waals surface area contributed by atoms with Crippen LogP contribution in [0.25, 0.3) is 0 Å². The van der Waals surface area contributed by atoms with Crippen molar-refractivity contribution >= 4 is 11.8 Å². The van der Waals surface area contributed by atoms with E-state index in [0.29, 0.717) is 3.92 Å². The molecule has 5 aliphatic rings. The van der Waals surface area contributed by atoms with E-state index in [0.717, 1.165) is 56.7 Å². The van der Waals surface area contributed by atoms with Crippen LogP contribution in [-0.2, 0) is 18.9 Å². The molecule has 2 saturated carbocycles. The summed E-state index contributed by atoms with van der Waals surface area (Å²) in [6.07, 6.45) is 3.68. The molecule has 0 N–H and O–H groups in total. The van der Waals surface area contributed by atoms with E-state index in [9.17, 15) is 4.79 Å². The number of likely N-dealkylation sites (tertiary alicyclic amines) is 1. The minimum absolute atomic E-state index is 0.0957. The third kappa shape index (κ3) is 3.52. The molecular weight excluding hydrogens is 496 g/mol. The van der Waals surface area contributed by atoms with Crippen molar-refractivity contribution in [2.24, 2.45) is 23.7 Å². The SMILES string of the molecule is [B][I-]C1CN(C(=O)OC2CCC3(CO3)C(C3(C)OC3C[C@@H]3CC(C)C3C)C2OC)C1. The van der Waals surface area contributed by atoms with E-state index in [1.54, 1.807) is 12.0 Å². The Morgan fingerprint density at radius 1 is 1.33 bits per heavy atom. The molecule has 5 fully saturated rings. The van der Waals surface area contributed by atoms with Gasteiger partial charge in [0.25, 0.3) is 0 Å². The first-order valence-electron chi connectivity index (χ1n) is 11.4.